The van der Waals surface area contributed by atoms with E-state index in [2.05, 4.69) is 31.2 Å². The first-order valence-electron chi connectivity index (χ1n) is 19.8. The highest BCUT2D eigenvalue weighted by atomic mass is 16.7. The van der Waals surface area contributed by atoms with Gasteiger partial charge in [0.1, 0.15) is 24.0 Å². The van der Waals surface area contributed by atoms with Crippen LogP contribution in [0.25, 0.3) is 0 Å². The van der Waals surface area contributed by atoms with Gasteiger partial charge in [-0.1, -0.05) is 57.6 Å². The molecule has 0 aromatic rings. The number of Topliss-reactive ketones (excluding diaryl/α,β-unsaturated/α-hetero) is 2. The smallest absolute Gasteiger partial charge is 0.329 e. The summed E-state index contributed by atoms with van der Waals surface area (Å²) in [5, 5.41) is 12.0. The average Bonchev–Trinajstić information content (AvgIpc) is 3.14. The van der Waals surface area contributed by atoms with E-state index in [1.54, 1.807) is 21.1 Å². The number of nitrogens with zero attached hydrogens (tertiary/aromatic N) is 1. The van der Waals surface area contributed by atoms with Gasteiger partial charge in [0.15, 0.2) is 0 Å². The number of piperidine rings is 1. The third-order valence-electron chi connectivity index (χ3n) is 12.0. The monoisotopic (exact) mass is 727 g/mol. The second-order valence-corrected chi connectivity index (χ2v) is 16.2. The molecule has 3 heterocycles. The molecule has 11 unspecified atom stereocenters. The first kappa shape index (κ1) is 42.1. The number of hydrogen-bond acceptors (Lipinski definition) is 9. The number of ether oxygens (including phenoxy) is 4. The van der Waals surface area contributed by atoms with Crippen LogP contribution in [0.3, 0.4) is 0 Å². The Morgan fingerprint density at radius 2 is 1.73 bits per heavy atom. The fourth-order valence-corrected chi connectivity index (χ4v) is 8.82. The molecule has 0 saturated carbocycles. The molecule has 11 atom stereocenters. The maximum absolute atomic E-state index is 14.2. The predicted molar refractivity (Wildman–Crippen MR) is 199 cm³/mol. The van der Waals surface area contributed by atoms with Crippen molar-refractivity contribution in [3.8, 4) is 0 Å². The number of methoxy groups -OCH3 is 2. The van der Waals surface area contributed by atoms with Crippen molar-refractivity contribution in [1.29, 1.82) is 0 Å². The summed E-state index contributed by atoms with van der Waals surface area (Å²) >= 11 is 0. The van der Waals surface area contributed by atoms with E-state index in [-0.39, 0.29) is 36.5 Å². The zero-order valence-electron chi connectivity index (χ0n) is 32.9. The van der Waals surface area contributed by atoms with E-state index in [0.717, 1.165) is 36.8 Å². The minimum atomic E-state index is -2.43. The van der Waals surface area contributed by atoms with Crippen LogP contribution in [0.15, 0.2) is 35.5 Å². The van der Waals surface area contributed by atoms with Gasteiger partial charge in [-0.05, 0) is 108 Å². The molecule has 0 spiro atoms. The standard InChI is InChI=1S/C42H65NO9/c1-9-32-22-26(2)21-27(3)23-35(49-7)38-36(50-8)25-30(6)42(48,52-38)39(45)40(46)43-20-14-13-17-33(43)41(47)51-37(28(4)18-19-34(32)44)29(5)24-31-15-11-10-12-16-31/h10-11,22,24,27-28,30-33,35-38,48H,9,12-21,23,25H2,1-8H3. The molecule has 292 valence electrons. The van der Waals surface area contributed by atoms with Crippen molar-refractivity contribution in [1.82, 2.24) is 4.90 Å². The Labute approximate surface area is 311 Å². The molecule has 10 heteroatoms. The van der Waals surface area contributed by atoms with Gasteiger partial charge in [-0.3, -0.25) is 14.4 Å². The molecule has 1 N–H and O–H groups in total. The van der Waals surface area contributed by atoms with Gasteiger partial charge in [0.25, 0.3) is 11.7 Å². The molecule has 0 aromatic carbocycles. The number of hydrogen-bond donors (Lipinski definition) is 1. The summed E-state index contributed by atoms with van der Waals surface area (Å²) in [5.41, 5.74) is 2.03. The summed E-state index contributed by atoms with van der Waals surface area (Å²) in [6.07, 6.45) is 13.8. The highest BCUT2D eigenvalue weighted by molar-refractivity contribution is 6.39. The van der Waals surface area contributed by atoms with E-state index < -0.39 is 59.8 Å². The Morgan fingerprint density at radius 3 is 2.38 bits per heavy atom. The van der Waals surface area contributed by atoms with E-state index in [9.17, 15) is 24.3 Å². The Morgan fingerprint density at radius 1 is 1.02 bits per heavy atom. The largest absolute Gasteiger partial charge is 0.456 e. The van der Waals surface area contributed by atoms with Gasteiger partial charge in [-0.15, -0.1) is 0 Å². The molecule has 0 radical (unpaired) electrons. The van der Waals surface area contributed by atoms with Crippen LogP contribution >= 0.6 is 0 Å². The van der Waals surface area contributed by atoms with Crippen LogP contribution in [0, 0.1) is 29.6 Å². The SMILES string of the molecule is CCC1C=C(C)CC(C)CC(OC)C2OC(O)(C(=O)C(=O)N3CCCCC3C(=O)OC(C(C)=CC3CC=CCC3)C(C)CCC1=O)C(C)CC2OC. The van der Waals surface area contributed by atoms with E-state index in [0.29, 0.717) is 50.9 Å². The van der Waals surface area contributed by atoms with Gasteiger partial charge in [-0.2, -0.15) is 0 Å². The fourth-order valence-electron chi connectivity index (χ4n) is 8.82. The molecule has 3 aliphatic heterocycles. The number of allylic oxidation sites excluding steroid dienone is 5. The summed E-state index contributed by atoms with van der Waals surface area (Å²) in [6.45, 7) is 12.0. The first-order chi connectivity index (χ1) is 24.7. The van der Waals surface area contributed by atoms with E-state index in [1.165, 1.54) is 4.90 Å². The summed E-state index contributed by atoms with van der Waals surface area (Å²) in [6, 6.07) is -0.990. The van der Waals surface area contributed by atoms with Crippen molar-refractivity contribution in [3.63, 3.8) is 0 Å². The fraction of sp³-hybridized carbons (Fsp3) is 0.762. The van der Waals surface area contributed by atoms with Gasteiger partial charge in [0.05, 0.1) is 12.2 Å². The van der Waals surface area contributed by atoms with Gasteiger partial charge >= 0.3 is 5.97 Å². The lowest BCUT2D eigenvalue weighted by Gasteiger charge is -2.47. The second kappa shape index (κ2) is 19.1. The zero-order chi connectivity index (χ0) is 38.2. The highest BCUT2D eigenvalue weighted by Crippen LogP contribution is 2.39. The number of carbonyl (C=O) groups is 4. The van der Waals surface area contributed by atoms with Gasteiger partial charge < -0.3 is 29.0 Å². The number of cyclic esters (lactones) is 1. The number of amides is 1. The molecule has 52 heavy (non-hydrogen) atoms. The molecule has 0 aromatic heterocycles. The zero-order valence-corrected chi connectivity index (χ0v) is 32.9. The number of fused-ring (bicyclic) bond motifs is 3. The Hall–Kier alpha value is -2.66. The summed E-state index contributed by atoms with van der Waals surface area (Å²) in [4.78, 5) is 57.4. The third-order valence-corrected chi connectivity index (χ3v) is 12.0. The van der Waals surface area contributed by atoms with Crippen LogP contribution in [-0.4, -0.2) is 90.5 Å². The second-order valence-electron chi connectivity index (χ2n) is 16.2. The van der Waals surface area contributed by atoms with Crippen molar-refractivity contribution in [3.05, 3.63) is 35.5 Å². The Bertz CT molecular complexity index is 1350. The van der Waals surface area contributed by atoms with Crippen molar-refractivity contribution in [2.24, 2.45) is 29.6 Å². The molecule has 2 fully saturated rings. The predicted octanol–water partition coefficient (Wildman–Crippen LogP) is 6.68. The third kappa shape index (κ3) is 10.1. The molecule has 2 saturated heterocycles. The van der Waals surface area contributed by atoms with Crippen molar-refractivity contribution in [2.45, 2.75) is 155 Å². The van der Waals surface area contributed by atoms with E-state index in [4.69, 9.17) is 18.9 Å². The minimum Gasteiger partial charge on any atom is -0.456 e. The van der Waals surface area contributed by atoms with Crippen LogP contribution in [0.2, 0.25) is 0 Å². The molecule has 4 aliphatic rings. The Kier molecular flexibility index (Phi) is 15.4. The summed E-state index contributed by atoms with van der Waals surface area (Å²) < 4.78 is 24.3. The molecular weight excluding hydrogens is 662 g/mol. The van der Waals surface area contributed by atoms with Crippen molar-refractivity contribution >= 4 is 23.4 Å². The number of ketones is 2. The van der Waals surface area contributed by atoms with Crippen LogP contribution in [0.5, 0.6) is 0 Å². The number of rotatable bonds is 5. The van der Waals surface area contributed by atoms with Gasteiger partial charge in [0, 0.05) is 39.0 Å². The molecule has 4 rings (SSSR count). The Balaban J connectivity index is 1.73. The van der Waals surface area contributed by atoms with Crippen molar-refractivity contribution < 1.29 is 43.2 Å². The van der Waals surface area contributed by atoms with Crippen LogP contribution < -0.4 is 0 Å². The van der Waals surface area contributed by atoms with Crippen LogP contribution in [0.4, 0.5) is 0 Å². The number of carbonyl (C=O) groups excluding carboxylic acids is 4. The summed E-state index contributed by atoms with van der Waals surface area (Å²) in [5.74, 6) is -5.61. The average molecular weight is 728 g/mol. The molecular formula is C42H65NO9. The lowest BCUT2D eigenvalue weighted by molar-refractivity contribution is -0.302. The topological polar surface area (TPSA) is 129 Å². The molecule has 2 bridgehead atoms. The molecule has 10 nitrogen and oxygen atoms in total. The van der Waals surface area contributed by atoms with Crippen LogP contribution in [-0.2, 0) is 38.1 Å². The first-order valence-corrected chi connectivity index (χ1v) is 19.8. The molecule has 1 aliphatic carbocycles. The maximum atomic E-state index is 14.2. The van der Waals surface area contributed by atoms with Crippen molar-refractivity contribution in [2.75, 3.05) is 20.8 Å². The van der Waals surface area contributed by atoms with E-state index in [1.807, 2.05) is 27.7 Å². The summed E-state index contributed by atoms with van der Waals surface area (Å²) in [7, 11) is 3.12. The van der Waals surface area contributed by atoms with Gasteiger partial charge in [-0.25, -0.2) is 4.79 Å². The maximum Gasteiger partial charge on any atom is 0.329 e. The lowest BCUT2D eigenvalue weighted by atomic mass is 9.82. The highest BCUT2D eigenvalue weighted by Gasteiger charge is 2.56. The van der Waals surface area contributed by atoms with Gasteiger partial charge in [0.2, 0.25) is 5.79 Å². The van der Waals surface area contributed by atoms with E-state index >= 15 is 0 Å². The van der Waals surface area contributed by atoms with Crippen LogP contribution in [0.1, 0.15) is 119 Å². The number of esters is 1. The quantitative estimate of drug-likeness (QED) is 0.187. The molecule has 1 amide bonds. The number of aliphatic hydroxyl groups is 1. The normalized spacial score (nSPS) is 38.2. The lowest BCUT2D eigenvalue weighted by Crippen LogP contribution is -2.64. The minimum absolute atomic E-state index is 0.112.